The molecule has 0 aliphatic heterocycles. The molecule has 1 amide bonds. The number of allylic oxidation sites excluding steroid dienone is 2. The number of nitrogens with zero attached hydrogens (tertiary/aromatic N) is 2. The van der Waals surface area contributed by atoms with Gasteiger partial charge in [-0.25, -0.2) is 0 Å². The minimum Gasteiger partial charge on any atom is -0.338 e. The first-order valence-electron chi connectivity index (χ1n) is 6.57. The van der Waals surface area contributed by atoms with Crippen molar-refractivity contribution in [2.45, 2.75) is 41.0 Å². The summed E-state index contributed by atoms with van der Waals surface area (Å²) in [6, 6.07) is 0. The summed E-state index contributed by atoms with van der Waals surface area (Å²) in [4.78, 5) is 18.3. The molecule has 0 saturated heterocycles. The number of hydrogen-bond acceptors (Lipinski definition) is 2. The number of carbonyl (C=O) groups is 1. The highest BCUT2D eigenvalue weighted by Crippen LogP contribution is 2.08. The second kappa shape index (κ2) is 8.67. The number of likely N-dealkylation sites (N-methyl/N-ethyl adjacent to an activating group) is 1. The van der Waals surface area contributed by atoms with Crippen LogP contribution in [0.25, 0.3) is 0 Å². The normalized spacial score (nSPS) is 12.2. The van der Waals surface area contributed by atoms with Gasteiger partial charge in [0.05, 0.1) is 0 Å². The highest BCUT2D eigenvalue weighted by atomic mass is 16.2. The van der Waals surface area contributed by atoms with E-state index in [4.69, 9.17) is 0 Å². The Morgan fingerprint density at radius 2 is 2.06 bits per heavy atom. The molecule has 0 spiro atoms. The van der Waals surface area contributed by atoms with Gasteiger partial charge >= 0.3 is 0 Å². The lowest BCUT2D eigenvalue weighted by Gasteiger charge is -2.21. The topological polar surface area (TPSA) is 32.7 Å². The molecule has 0 heterocycles. The predicted octanol–water partition coefficient (Wildman–Crippen LogP) is 3.43. The van der Waals surface area contributed by atoms with Crippen LogP contribution >= 0.6 is 0 Å². The first-order valence-corrected chi connectivity index (χ1v) is 6.57. The van der Waals surface area contributed by atoms with E-state index in [0.717, 1.165) is 18.5 Å². The number of carbonyl (C=O) groups excluding carboxylic acids is 1. The minimum atomic E-state index is -0.00171. The van der Waals surface area contributed by atoms with E-state index in [2.05, 4.69) is 25.4 Å². The molecule has 0 radical (unpaired) electrons. The molecule has 0 fully saturated rings. The summed E-state index contributed by atoms with van der Waals surface area (Å²) in [6.45, 7) is 15.2. The van der Waals surface area contributed by atoms with Crippen LogP contribution < -0.4 is 0 Å². The van der Waals surface area contributed by atoms with Gasteiger partial charge in [-0.3, -0.25) is 9.79 Å². The van der Waals surface area contributed by atoms with E-state index in [9.17, 15) is 4.79 Å². The summed E-state index contributed by atoms with van der Waals surface area (Å²) in [5.41, 5.74) is 1.33. The Kier molecular flexibility index (Phi) is 8.01. The maximum absolute atomic E-state index is 12.2. The van der Waals surface area contributed by atoms with E-state index in [0.29, 0.717) is 18.2 Å². The van der Waals surface area contributed by atoms with Crippen molar-refractivity contribution in [2.24, 2.45) is 10.9 Å². The van der Waals surface area contributed by atoms with Crippen molar-refractivity contribution in [3.63, 3.8) is 0 Å². The number of aliphatic imine (C=N–C) groups is 1. The largest absolute Gasteiger partial charge is 0.338 e. The Bertz CT molecular complexity index is 340. The van der Waals surface area contributed by atoms with Gasteiger partial charge in [0, 0.05) is 19.3 Å². The van der Waals surface area contributed by atoms with Gasteiger partial charge in [-0.1, -0.05) is 26.5 Å². The highest BCUT2D eigenvalue weighted by Gasteiger charge is 2.15. The molecular formula is C15H26N2O. The zero-order valence-corrected chi connectivity index (χ0v) is 12.4. The first-order chi connectivity index (χ1) is 8.42. The molecule has 0 aromatic rings. The second-order valence-electron chi connectivity index (χ2n) is 4.85. The number of rotatable bonds is 7. The molecule has 0 saturated carbocycles. The van der Waals surface area contributed by atoms with Gasteiger partial charge in [0.15, 0.2) is 0 Å². The van der Waals surface area contributed by atoms with Crippen LogP contribution in [0.2, 0.25) is 0 Å². The van der Waals surface area contributed by atoms with Gasteiger partial charge in [-0.2, -0.15) is 0 Å². The van der Waals surface area contributed by atoms with Gasteiger partial charge in [0.1, 0.15) is 5.70 Å². The fourth-order valence-electron chi connectivity index (χ4n) is 1.41. The van der Waals surface area contributed by atoms with Crippen LogP contribution in [0, 0.1) is 5.92 Å². The van der Waals surface area contributed by atoms with Crippen molar-refractivity contribution in [2.75, 3.05) is 13.1 Å². The maximum Gasteiger partial charge on any atom is 0.272 e. The minimum absolute atomic E-state index is 0.00171. The predicted molar refractivity (Wildman–Crippen MR) is 78.8 cm³/mol. The van der Waals surface area contributed by atoms with Crippen molar-refractivity contribution in [3.05, 3.63) is 23.9 Å². The summed E-state index contributed by atoms with van der Waals surface area (Å²) >= 11 is 0. The number of hydrogen-bond donors (Lipinski definition) is 0. The van der Waals surface area contributed by atoms with E-state index in [-0.39, 0.29) is 5.91 Å². The lowest BCUT2D eigenvalue weighted by molar-refractivity contribution is -0.127. The summed E-state index contributed by atoms with van der Waals surface area (Å²) in [6.07, 6.45) is 4.39. The van der Waals surface area contributed by atoms with E-state index >= 15 is 0 Å². The molecule has 0 aliphatic rings. The quantitative estimate of drug-likeness (QED) is 0.503. The van der Waals surface area contributed by atoms with Gasteiger partial charge in [0.25, 0.3) is 5.91 Å². The molecule has 3 nitrogen and oxygen atoms in total. The molecule has 0 atom stereocenters. The van der Waals surface area contributed by atoms with Gasteiger partial charge in [0.2, 0.25) is 0 Å². The zero-order valence-electron chi connectivity index (χ0n) is 12.4. The van der Waals surface area contributed by atoms with E-state index in [1.807, 2.05) is 25.7 Å². The molecule has 0 aliphatic carbocycles. The highest BCUT2D eigenvalue weighted by molar-refractivity contribution is 5.95. The summed E-state index contributed by atoms with van der Waals surface area (Å²) in [5, 5.41) is 0. The smallest absolute Gasteiger partial charge is 0.272 e. The van der Waals surface area contributed by atoms with E-state index < -0.39 is 0 Å². The van der Waals surface area contributed by atoms with Crippen LogP contribution in [-0.4, -0.2) is 30.1 Å². The van der Waals surface area contributed by atoms with Crippen LogP contribution in [0.5, 0.6) is 0 Å². The Balaban J connectivity index is 4.69. The Hall–Kier alpha value is -1.38. The molecular weight excluding hydrogens is 224 g/mol. The Morgan fingerprint density at radius 1 is 1.44 bits per heavy atom. The molecule has 102 valence electrons. The molecule has 0 rings (SSSR count). The first kappa shape index (κ1) is 16.6. The standard InChI is InChI=1S/C15H26N2O/c1-7-14(16-11-13(5)6)15(18)17(8-2)10-9-12(3)4/h7,11-12H,5,8-10H2,1-4,6H3. The molecule has 0 unspecified atom stereocenters. The molecule has 0 aromatic carbocycles. The summed E-state index contributed by atoms with van der Waals surface area (Å²) in [5.74, 6) is 0.595. The molecule has 0 N–H and O–H groups in total. The maximum atomic E-state index is 12.2. The van der Waals surface area contributed by atoms with Crippen LogP contribution in [0.4, 0.5) is 0 Å². The van der Waals surface area contributed by atoms with Crippen LogP contribution in [0.15, 0.2) is 28.9 Å². The molecule has 3 heteroatoms. The van der Waals surface area contributed by atoms with Gasteiger partial charge in [-0.05, 0) is 38.7 Å². The van der Waals surface area contributed by atoms with Crippen molar-refractivity contribution < 1.29 is 4.79 Å². The van der Waals surface area contributed by atoms with Gasteiger partial charge < -0.3 is 4.90 Å². The Labute approximate surface area is 111 Å². The third-order valence-electron chi connectivity index (χ3n) is 2.56. The summed E-state index contributed by atoms with van der Waals surface area (Å²) < 4.78 is 0. The average Bonchev–Trinajstić information content (AvgIpc) is 2.29. The third kappa shape index (κ3) is 6.38. The van der Waals surface area contributed by atoms with Crippen LogP contribution in [0.3, 0.4) is 0 Å². The SMILES string of the molecule is C=C(C)C=NC(=CC)C(=O)N(CC)CCC(C)C. The lowest BCUT2D eigenvalue weighted by Crippen LogP contribution is -2.33. The Morgan fingerprint density at radius 3 is 2.44 bits per heavy atom. The number of amides is 1. The van der Waals surface area contributed by atoms with E-state index in [1.165, 1.54) is 0 Å². The molecule has 0 bridgehead atoms. The summed E-state index contributed by atoms with van der Waals surface area (Å²) in [7, 11) is 0. The van der Waals surface area contributed by atoms with Crippen molar-refractivity contribution in [1.82, 2.24) is 4.90 Å². The second-order valence-corrected chi connectivity index (χ2v) is 4.85. The van der Waals surface area contributed by atoms with E-state index in [1.54, 1.807) is 12.3 Å². The average molecular weight is 250 g/mol. The lowest BCUT2D eigenvalue weighted by atomic mass is 10.1. The van der Waals surface area contributed by atoms with Crippen molar-refractivity contribution in [3.8, 4) is 0 Å². The van der Waals surface area contributed by atoms with Crippen molar-refractivity contribution in [1.29, 1.82) is 0 Å². The van der Waals surface area contributed by atoms with Crippen LogP contribution in [0.1, 0.15) is 41.0 Å². The fourth-order valence-corrected chi connectivity index (χ4v) is 1.41. The fraction of sp³-hybridized carbons (Fsp3) is 0.600. The zero-order chi connectivity index (χ0) is 14.1. The van der Waals surface area contributed by atoms with Crippen molar-refractivity contribution >= 4 is 12.1 Å². The molecule has 0 aromatic heterocycles. The third-order valence-corrected chi connectivity index (χ3v) is 2.56. The monoisotopic (exact) mass is 250 g/mol. The van der Waals surface area contributed by atoms with Crippen LogP contribution in [-0.2, 0) is 4.79 Å². The molecule has 18 heavy (non-hydrogen) atoms. The van der Waals surface area contributed by atoms with Gasteiger partial charge in [-0.15, -0.1) is 0 Å².